The smallest absolute Gasteiger partial charge is 0.339 e. The van der Waals surface area contributed by atoms with Gasteiger partial charge in [-0.3, -0.25) is 0 Å². The topological polar surface area (TPSA) is 66.4 Å². The molecule has 2 aliphatic carbocycles. The molecule has 3 atom stereocenters. The highest BCUT2D eigenvalue weighted by atomic mass is 16.5. The van der Waals surface area contributed by atoms with Crippen LogP contribution in [0.2, 0.25) is 0 Å². The van der Waals surface area contributed by atoms with Crippen LogP contribution in [0.4, 0.5) is 0 Å². The third-order valence-electron chi connectivity index (χ3n) is 6.33. The number of carboxylic acids is 1. The normalized spacial score (nSPS) is 32.0. The number of carbonyl (C=O) groups is 2. The van der Waals surface area contributed by atoms with E-state index in [4.69, 9.17) is 4.74 Å². The molecule has 0 aliphatic heterocycles. The van der Waals surface area contributed by atoms with Gasteiger partial charge in [-0.05, 0) is 36.7 Å². The van der Waals surface area contributed by atoms with Gasteiger partial charge in [0.1, 0.15) is 6.10 Å². The highest BCUT2D eigenvalue weighted by molar-refractivity contribution is 6.01. The van der Waals surface area contributed by atoms with E-state index in [2.05, 4.69) is 20.8 Å². The molecular weight excluding hydrogens is 280 g/mol. The Balaban J connectivity index is 1.84. The molecule has 2 aliphatic rings. The molecule has 0 spiro atoms. The van der Waals surface area contributed by atoms with Crippen LogP contribution in [0.1, 0.15) is 60.7 Å². The van der Waals surface area contributed by atoms with E-state index < -0.39 is 11.9 Å². The van der Waals surface area contributed by atoms with E-state index in [9.17, 15) is 14.7 Å². The van der Waals surface area contributed by atoms with Crippen molar-refractivity contribution in [1.29, 1.82) is 0 Å². The summed E-state index contributed by atoms with van der Waals surface area (Å²) in [5.74, 6) is -1.35. The molecule has 0 N–H and O–H groups in total. The van der Waals surface area contributed by atoms with Crippen LogP contribution in [0.25, 0.3) is 0 Å². The summed E-state index contributed by atoms with van der Waals surface area (Å²) < 4.78 is 5.73. The molecule has 118 valence electrons. The number of rotatable bonds is 3. The molecule has 3 rings (SSSR count). The van der Waals surface area contributed by atoms with Crippen LogP contribution < -0.4 is 5.11 Å². The van der Waals surface area contributed by atoms with Crippen molar-refractivity contribution in [2.45, 2.75) is 46.1 Å². The number of carbonyl (C=O) groups excluding carboxylic acids is 2. The third kappa shape index (κ3) is 1.97. The van der Waals surface area contributed by atoms with E-state index in [0.717, 1.165) is 12.8 Å². The zero-order chi connectivity index (χ0) is 16.1. The molecule has 0 radical (unpaired) electrons. The first-order valence-electron chi connectivity index (χ1n) is 7.79. The van der Waals surface area contributed by atoms with Gasteiger partial charge in [0, 0.05) is 11.0 Å². The summed E-state index contributed by atoms with van der Waals surface area (Å²) in [7, 11) is 0. The molecule has 0 aromatic heterocycles. The Morgan fingerprint density at radius 2 is 1.82 bits per heavy atom. The van der Waals surface area contributed by atoms with Gasteiger partial charge < -0.3 is 14.6 Å². The molecule has 0 unspecified atom stereocenters. The van der Waals surface area contributed by atoms with Crippen molar-refractivity contribution in [2.75, 3.05) is 0 Å². The lowest BCUT2D eigenvalue weighted by atomic mass is 9.70. The van der Waals surface area contributed by atoms with Gasteiger partial charge in [-0.1, -0.05) is 39.0 Å². The zero-order valence-electron chi connectivity index (χ0n) is 13.2. The van der Waals surface area contributed by atoms with Gasteiger partial charge in [-0.15, -0.1) is 0 Å². The summed E-state index contributed by atoms with van der Waals surface area (Å²) in [5.41, 5.74) is 0.0713. The van der Waals surface area contributed by atoms with E-state index in [0.29, 0.717) is 5.92 Å². The fraction of sp³-hybridized carbons (Fsp3) is 0.556. The maximum atomic E-state index is 12.4. The molecule has 0 amide bonds. The highest BCUT2D eigenvalue weighted by Crippen LogP contribution is 2.66. The Bertz CT molecular complexity index is 634. The Kier molecular flexibility index (Phi) is 3.31. The first kappa shape index (κ1) is 15.1. The van der Waals surface area contributed by atoms with Gasteiger partial charge in [0.2, 0.25) is 0 Å². The minimum atomic E-state index is -1.35. The molecule has 2 fully saturated rings. The number of fused-ring (bicyclic) bond motifs is 2. The van der Waals surface area contributed by atoms with Crippen molar-refractivity contribution in [3.63, 3.8) is 0 Å². The van der Waals surface area contributed by atoms with Gasteiger partial charge in [0.25, 0.3) is 0 Å². The Morgan fingerprint density at radius 3 is 2.32 bits per heavy atom. The Morgan fingerprint density at radius 1 is 1.18 bits per heavy atom. The van der Waals surface area contributed by atoms with Crippen LogP contribution in [0.15, 0.2) is 24.3 Å². The largest absolute Gasteiger partial charge is 0.545 e. The van der Waals surface area contributed by atoms with Crippen LogP contribution in [-0.4, -0.2) is 18.0 Å². The van der Waals surface area contributed by atoms with Crippen molar-refractivity contribution in [3.05, 3.63) is 35.4 Å². The summed E-state index contributed by atoms with van der Waals surface area (Å²) in [6, 6.07) is 6.06. The first-order valence-corrected chi connectivity index (χ1v) is 7.79. The molecule has 1 aromatic carbocycles. The van der Waals surface area contributed by atoms with Crippen LogP contribution in [0, 0.1) is 16.7 Å². The average Bonchev–Trinajstić information content (AvgIpc) is 2.80. The van der Waals surface area contributed by atoms with E-state index in [-0.39, 0.29) is 28.1 Å². The second kappa shape index (κ2) is 4.83. The number of benzene rings is 1. The van der Waals surface area contributed by atoms with Crippen LogP contribution in [0.3, 0.4) is 0 Å². The number of hydrogen-bond acceptors (Lipinski definition) is 4. The van der Waals surface area contributed by atoms with Gasteiger partial charge in [0.05, 0.1) is 11.5 Å². The van der Waals surface area contributed by atoms with Crippen molar-refractivity contribution in [1.82, 2.24) is 0 Å². The summed E-state index contributed by atoms with van der Waals surface area (Å²) in [4.78, 5) is 23.6. The van der Waals surface area contributed by atoms with Crippen molar-refractivity contribution in [3.8, 4) is 0 Å². The number of ether oxygens (including phenoxy) is 1. The fourth-order valence-electron chi connectivity index (χ4n) is 4.34. The number of esters is 1. The highest BCUT2D eigenvalue weighted by Gasteiger charge is 2.62. The molecule has 2 saturated carbocycles. The van der Waals surface area contributed by atoms with E-state index in [1.165, 1.54) is 18.6 Å². The Labute approximate surface area is 130 Å². The molecule has 4 nitrogen and oxygen atoms in total. The molecule has 2 bridgehead atoms. The van der Waals surface area contributed by atoms with E-state index >= 15 is 0 Å². The summed E-state index contributed by atoms with van der Waals surface area (Å²) >= 11 is 0. The first-order chi connectivity index (χ1) is 10.3. The fourth-order valence-corrected chi connectivity index (χ4v) is 4.34. The van der Waals surface area contributed by atoms with E-state index in [1.54, 1.807) is 12.1 Å². The predicted octanol–water partition coefficient (Wildman–Crippen LogP) is 2.42. The standard InChI is InChI=1S/C18H22O4/c1-17(2)11-8-9-18(17,3)14(10-11)22-16(21)13-7-5-4-6-12(13)15(19)20/h4-7,11,14H,8-10H2,1-3H3,(H,19,20)/p-1/t11-,14+,18-/m1/s1. The van der Waals surface area contributed by atoms with Crippen LogP contribution in [0.5, 0.6) is 0 Å². The molecule has 0 heterocycles. The van der Waals surface area contributed by atoms with Gasteiger partial charge in [0.15, 0.2) is 0 Å². The molecule has 1 aromatic rings. The van der Waals surface area contributed by atoms with Crippen LogP contribution >= 0.6 is 0 Å². The molecule has 4 heteroatoms. The maximum Gasteiger partial charge on any atom is 0.339 e. The van der Waals surface area contributed by atoms with Crippen LogP contribution in [-0.2, 0) is 4.74 Å². The van der Waals surface area contributed by atoms with Gasteiger partial charge >= 0.3 is 5.97 Å². The predicted molar refractivity (Wildman–Crippen MR) is 79.2 cm³/mol. The molecule has 22 heavy (non-hydrogen) atoms. The quantitative estimate of drug-likeness (QED) is 0.804. The Hall–Kier alpha value is -1.84. The summed E-state index contributed by atoms with van der Waals surface area (Å²) in [6.45, 7) is 6.67. The van der Waals surface area contributed by atoms with E-state index in [1.807, 2.05) is 0 Å². The summed E-state index contributed by atoms with van der Waals surface area (Å²) in [6.07, 6.45) is 2.93. The van der Waals surface area contributed by atoms with Crippen molar-refractivity contribution in [2.24, 2.45) is 16.7 Å². The molecular formula is C18H21O4-. The van der Waals surface area contributed by atoms with Crippen molar-refractivity contribution < 1.29 is 19.4 Å². The number of hydrogen-bond donors (Lipinski definition) is 0. The lowest BCUT2D eigenvalue weighted by molar-refractivity contribution is -0.255. The van der Waals surface area contributed by atoms with Gasteiger partial charge in [-0.25, -0.2) is 4.79 Å². The van der Waals surface area contributed by atoms with Crippen molar-refractivity contribution >= 4 is 11.9 Å². The minimum absolute atomic E-state index is 0.0380. The average molecular weight is 301 g/mol. The maximum absolute atomic E-state index is 12.4. The number of aromatic carboxylic acids is 1. The SMILES string of the molecule is CC1(C)[C@@H]2CC[C@]1(C)[C@@H](OC(=O)c1ccccc1C(=O)[O-])C2. The molecule has 0 saturated heterocycles. The zero-order valence-corrected chi connectivity index (χ0v) is 13.2. The minimum Gasteiger partial charge on any atom is -0.545 e. The number of carboxylic acid groups (broad SMARTS) is 1. The second-order valence-electron chi connectivity index (χ2n) is 7.34. The second-order valence-corrected chi connectivity index (χ2v) is 7.34. The van der Waals surface area contributed by atoms with Gasteiger partial charge in [-0.2, -0.15) is 0 Å². The lowest BCUT2D eigenvalue weighted by Crippen LogP contribution is -2.38. The monoisotopic (exact) mass is 301 g/mol. The summed E-state index contributed by atoms with van der Waals surface area (Å²) in [5, 5.41) is 11.1. The lowest BCUT2D eigenvalue weighted by Gasteiger charge is -2.38. The third-order valence-corrected chi connectivity index (χ3v) is 6.33.